The average molecular weight is 524 g/mol. The number of halogens is 1. The molecule has 0 spiro atoms. The molecule has 9 nitrogen and oxygen atoms in total. The Hall–Kier alpha value is -1.63. The van der Waals surface area contributed by atoms with Gasteiger partial charge in [-0.3, -0.25) is 4.79 Å². The van der Waals surface area contributed by atoms with Crippen molar-refractivity contribution in [2.75, 3.05) is 17.6 Å². The van der Waals surface area contributed by atoms with E-state index in [1.54, 1.807) is 0 Å². The summed E-state index contributed by atoms with van der Waals surface area (Å²) in [6.45, 7) is 3.71. The van der Waals surface area contributed by atoms with Gasteiger partial charge in [-0.2, -0.15) is 0 Å². The van der Waals surface area contributed by atoms with Crippen LogP contribution in [0.1, 0.15) is 46.7 Å². The molecule has 1 aromatic carbocycles. The minimum atomic E-state index is -3.65. The zero-order valence-electron chi connectivity index (χ0n) is 21.5. The monoisotopic (exact) mass is 523 g/mol. The van der Waals surface area contributed by atoms with E-state index in [9.17, 15) is 27.8 Å². The van der Waals surface area contributed by atoms with Gasteiger partial charge in [-0.05, 0) is 30.2 Å². The molecule has 1 heterocycles. The Labute approximate surface area is 231 Å². The first-order chi connectivity index (χ1) is 15.3. The van der Waals surface area contributed by atoms with E-state index in [-0.39, 0.29) is 58.9 Å². The summed E-state index contributed by atoms with van der Waals surface area (Å²) >= 11 is 0. The van der Waals surface area contributed by atoms with Crippen molar-refractivity contribution >= 4 is 65.8 Å². The molecule has 2 rings (SSSR count). The van der Waals surface area contributed by atoms with Crippen LogP contribution < -0.4 is 4.31 Å². The molecule has 0 radical (unpaired) electrons. The number of rotatable bonds is 10. The van der Waals surface area contributed by atoms with Crippen molar-refractivity contribution in [3.63, 3.8) is 0 Å². The summed E-state index contributed by atoms with van der Waals surface area (Å²) in [5.41, 5.74) is 1.80. The molecule has 0 unspecified atom stereocenters. The molecule has 12 heteroatoms. The summed E-state index contributed by atoms with van der Waals surface area (Å²) in [6.07, 6.45) is 0.860. The number of sulfonamides is 1. The van der Waals surface area contributed by atoms with E-state index in [0.717, 1.165) is 10.6 Å². The Morgan fingerprint density at radius 2 is 1.79 bits per heavy atom. The molecule has 184 valence electrons. The summed E-state index contributed by atoms with van der Waals surface area (Å²) in [5.74, 6) is -1.87. The van der Waals surface area contributed by atoms with Gasteiger partial charge in [0.15, 0.2) is 0 Å². The average Bonchev–Trinajstić information content (AvgIpc) is 2.70. The van der Waals surface area contributed by atoms with Crippen LogP contribution in [0.5, 0.6) is 0 Å². The standard InChI is InChI=1S/C22H28FN3O6S.Ca.2H/c1-13(2)20-18(10-9-16(27)11-17(28)12-19(29)30)21(14-5-7-15(23)8-6-14)25-22(24-20)26(3)33(4,31)32;;;/h5-10,13,16-17,27-28H,11-12H2,1-4H3,(H,29,30);;;/q;+2;2*-1/b10-9+;;;/t16-,17+;;;/m1.../s1. The third kappa shape index (κ3) is 8.54. The van der Waals surface area contributed by atoms with E-state index >= 15 is 0 Å². The summed E-state index contributed by atoms with van der Waals surface area (Å²) in [6, 6.07) is 5.49. The van der Waals surface area contributed by atoms with Crippen molar-refractivity contribution in [1.82, 2.24) is 9.97 Å². The fourth-order valence-corrected chi connectivity index (χ4v) is 3.42. The summed E-state index contributed by atoms with van der Waals surface area (Å²) in [4.78, 5) is 19.6. The number of aromatic nitrogens is 2. The van der Waals surface area contributed by atoms with Crippen LogP contribution in [0, 0.1) is 5.82 Å². The third-order valence-electron chi connectivity index (χ3n) is 4.82. The molecular weight excluding hydrogens is 493 g/mol. The molecule has 34 heavy (non-hydrogen) atoms. The Morgan fingerprint density at radius 1 is 1.21 bits per heavy atom. The number of benzene rings is 1. The van der Waals surface area contributed by atoms with Crippen LogP contribution in [0.15, 0.2) is 30.3 Å². The van der Waals surface area contributed by atoms with Crippen molar-refractivity contribution in [1.29, 1.82) is 0 Å². The van der Waals surface area contributed by atoms with E-state index < -0.39 is 40.4 Å². The van der Waals surface area contributed by atoms with E-state index in [2.05, 4.69) is 9.97 Å². The molecule has 0 saturated heterocycles. The maximum Gasteiger partial charge on any atom is 2.00 e. The minimum Gasteiger partial charge on any atom is -1.00 e. The molecule has 2 aromatic rings. The topological polar surface area (TPSA) is 141 Å². The van der Waals surface area contributed by atoms with Crippen LogP contribution in [0.3, 0.4) is 0 Å². The number of nitrogens with zero attached hydrogens (tertiary/aromatic N) is 3. The molecule has 2 atom stereocenters. The predicted octanol–water partition coefficient (Wildman–Crippen LogP) is 2.25. The second-order valence-electron chi connectivity index (χ2n) is 7.98. The molecule has 0 aliphatic rings. The first kappa shape index (κ1) is 30.4. The first-order valence-electron chi connectivity index (χ1n) is 10.2. The maximum atomic E-state index is 13.5. The number of aliphatic hydroxyl groups excluding tert-OH is 2. The molecule has 0 aliphatic heterocycles. The number of carbonyl (C=O) groups is 1. The molecule has 3 N–H and O–H groups in total. The van der Waals surface area contributed by atoms with Crippen molar-refractivity contribution < 1.29 is 35.8 Å². The minimum absolute atomic E-state index is 0. The van der Waals surface area contributed by atoms with Crippen LogP contribution in [0.25, 0.3) is 17.3 Å². The molecule has 0 aliphatic carbocycles. The molecule has 0 fully saturated rings. The maximum absolute atomic E-state index is 13.5. The van der Waals surface area contributed by atoms with Crippen molar-refractivity contribution in [3.05, 3.63) is 47.4 Å². The van der Waals surface area contributed by atoms with Gasteiger partial charge in [0.1, 0.15) is 5.82 Å². The smallest absolute Gasteiger partial charge is 1.00 e. The van der Waals surface area contributed by atoms with E-state index in [0.29, 0.717) is 22.5 Å². The SMILES string of the molecule is CC(C)c1nc(N(C)S(C)(=O)=O)nc(-c2ccc(F)cc2)c1/C=C/[C@@H](O)C[C@H](O)CC(=O)O.[Ca+2].[H-].[H-]. The Morgan fingerprint density at radius 3 is 2.29 bits per heavy atom. The van der Waals surface area contributed by atoms with Crippen LogP contribution >= 0.6 is 0 Å². The Balaban J connectivity index is 0. The number of carboxylic acid groups (broad SMARTS) is 1. The van der Waals surface area contributed by atoms with Crippen molar-refractivity contribution in [2.45, 2.75) is 44.8 Å². The Kier molecular flexibility index (Phi) is 11.5. The number of aliphatic hydroxyl groups is 2. The summed E-state index contributed by atoms with van der Waals surface area (Å²) in [7, 11) is -2.33. The van der Waals surface area contributed by atoms with Crippen molar-refractivity contribution in [3.8, 4) is 11.3 Å². The van der Waals surface area contributed by atoms with E-state index in [1.807, 2.05) is 13.8 Å². The summed E-state index contributed by atoms with van der Waals surface area (Å²) < 4.78 is 38.6. The largest absolute Gasteiger partial charge is 2.00 e. The third-order valence-corrected chi connectivity index (χ3v) is 5.97. The molecule has 0 bridgehead atoms. The second-order valence-corrected chi connectivity index (χ2v) is 9.99. The number of anilines is 1. The molecule has 1 aromatic heterocycles. The van der Waals surface area contributed by atoms with Crippen LogP contribution in [-0.2, 0) is 14.8 Å². The van der Waals surface area contributed by atoms with Gasteiger partial charge in [-0.15, -0.1) is 0 Å². The van der Waals surface area contributed by atoms with Gasteiger partial charge in [0, 0.05) is 24.6 Å². The van der Waals surface area contributed by atoms with Crippen LogP contribution in [0.4, 0.5) is 10.3 Å². The number of hydrogen-bond acceptors (Lipinski definition) is 7. The van der Waals surface area contributed by atoms with Crippen LogP contribution in [-0.4, -0.2) is 103 Å². The molecule has 0 amide bonds. The van der Waals surface area contributed by atoms with E-state index in [4.69, 9.17) is 5.11 Å². The molecular formula is C22H30CaFN3O6S. The second kappa shape index (κ2) is 12.9. The van der Waals surface area contributed by atoms with Gasteiger partial charge in [0.2, 0.25) is 16.0 Å². The van der Waals surface area contributed by atoms with Gasteiger partial charge < -0.3 is 18.2 Å². The summed E-state index contributed by atoms with van der Waals surface area (Å²) in [5, 5.41) is 28.8. The van der Waals surface area contributed by atoms with E-state index in [1.165, 1.54) is 43.5 Å². The number of carboxylic acids is 1. The number of aliphatic carboxylic acids is 1. The van der Waals surface area contributed by atoms with Gasteiger partial charge in [-0.1, -0.05) is 26.0 Å². The van der Waals surface area contributed by atoms with Gasteiger partial charge in [0.05, 0.1) is 36.3 Å². The first-order valence-corrected chi connectivity index (χ1v) is 12.0. The zero-order chi connectivity index (χ0) is 24.9. The van der Waals surface area contributed by atoms with Crippen LogP contribution in [0.2, 0.25) is 0 Å². The molecule has 0 saturated carbocycles. The fourth-order valence-electron chi connectivity index (χ4n) is 3.05. The quantitative estimate of drug-likeness (QED) is 0.403. The Bertz CT molecular complexity index is 1140. The predicted molar refractivity (Wildman–Crippen MR) is 131 cm³/mol. The van der Waals surface area contributed by atoms with Gasteiger partial charge in [0.25, 0.3) is 0 Å². The number of hydrogen-bond donors (Lipinski definition) is 3. The van der Waals surface area contributed by atoms with Crippen molar-refractivity contribution in [2.24, 2.45) is 0 Å². The van der Waals surface area contributed by atoms with Gasteiger partial charge in [-0.25, -0.2) is 27.1 Å². The fraction of sp³-hybridized carbons (Fsp3) is 0.409. The normalized spacial score (nSPS) is 13.5. The zero-order valence-corrected chi connectivity index (χ0v) is 22.5. The van der Waals surface area contributed by atoms with Gasteiger partial charge >= 0.3 is 43.7 Å².